The lowest BCUT2D eigenvalue weighted by Gasteiger charge is -2.34. The number of carbonyl (C=O) groups is 2. The van der Waals surface area contributed by atoms with Gasteiger partial charge in [0.05, 0.1) is 6.54 Å². The lowest BCUT2D eigenvalue weighted by molar-refractivity contribution is -0.132. The first-order valence-corrected chi connectivity index (χ1v) is 7.96. The average Bonchev–Trinajstić information content (AvgIpc) is 2.60. The fourth-order valence-electron chi connectivity index (χ4n) is 2.90. The molecule has 0 aliphatic carbocycles. The van der Waals surface area contributed by atoms with Gasteiger partial charge < -0.3 is 20.5 Å². The summed E-state index contributed by atoms with van der Waals surface area (Å²) in [6, 6.07) is 7.08. The molecule has 2 aromatic rings. The number of aromatic nitrogens is 1. The van der Waals surface area contributed by atoms with E-state index in [1.807, 2.05) is 13.0 Å². The van der Waals surface area contributed by atoms with Crippen molar-refractivity contribution in [2.45, 2.75) is 13.0 Å². The van der Waals surface area contributed by atoms with Gasteiger partial charge >= 0.3 is 0 Å². The van der Waals surface area contributed by atoms with Gasteiger partial charge in [-0.05, 0) is 19.1 Å². The molecule has 1 saturated heterocycles. The Morgan fingerprint density at radius 3 is 2.92 bits per heavy atom. The van der Waals surface area contributed by atoms with Crippen LogP contribution in [0.3, 0.4) is 0 Å². The number of amides is 2. The van der Waals surface area contributed by atoms with Crippen LogP contribution in [-0.4, -0.2) is 53.9 Å². The fraction of sp³-hybridized carbons (Fsp3) is 0.353. The first-order chi connectivity index (χ1) is 11.6. The molecular formula is C17H20N4O3. The molecule has 3 rings (SSSR count). The molecule has 0 radical (unpaired) electrons. The molecule has 1 aliphatic rings. The summed E-state index contributed by atoms with van der Waals surface area (Å²) in [5.74, 6) is -0.687. The van der Waals surface area contributed by atoms with Crippen molar-refractivity contribution >= 4 is 22.7 Å². The minimum absolute atomic E-state index is 0.00913. The molecular weight excluding hydrogens is 308 g/mol. The van der Waals surface area contributed by atoms with Crippen LogP contribution in [0.5, 0.6) is 0 Å². The molecule has 2 heterocycles. The third-order valence-corrected chi connectivity index (χ3v) is 4.25. The zero-order chi connectivity index (χ0) is 17.1. The van der Waals surface area contributed by atoms with Gasteiger partial charge in [0.25, 0.3) is 5.91 Å². The van der Waals surface area contributed by atoms with Crippen LogP contribution < -0.4 is 16.1 Å². The van der Waals surface area contributed by atoms with Gasteiger partial charge in [-0.3, -0.25) is 14.4 Å². The number of H-pyrrole nitrogens is 1. The number of hydrogen-bond acceptors (Lipinski definition) is 4. The summed E-state index contributed by atoms with van der Waals surface area (Å²) in [5, 5.41) is 6.21. The third-order valence-electron chi connectivity index (χ3n) is 4.25. The Morgan fingerprint density at radius 1 is 1.33 bits per heavy atom. The normalized spacial score (nSPS) is 17.7. The number of nitrogens with one attached hydrogen (secondary N) is 3. The molecule has 24 heavy (non-hydrogen) atoms. The van der Waals surface area contributed by atoms with Crippen LogP contribution in [0.2, 0.25) is 0 Å². The van der Waals surface area contributed by atoms with Crippen LogP contribution in [0, 0.1) is 0 Å². The summed E-state index contributed by atoms with van der Waals surface area (Å²) in [4.78, 5) is 41.6. The van der Waals surface area contributed by atoms with Crippen molar-refractivity contribution in [1.82, 2.24) is 20.5 Å². The summed E-state index contributed by atoms with van der Waals surface area (Å²) in [5.41, 5.74) is 0.337. The Kier molecular flexibility index (Phi) is 4.61. The summed E-state index contributed by atoms with van der Waals surface area (Å²) >= 11 is 0. The lowest BCUT2D eigenvalue weighted by Crippen LogP contribution is -2.54. The van der Waals surface area contributed by atoms with Gasteiger partial charge in [-0.2, -0.15) is 0 Å². The zero-order valence-corrected chi connectivity index (χ0v) is 13.5. The molecule has 0 spiro atoms. The number of para-hydroxylation sites is 1. The van der Waals surface area contributed by atoms with Crippen molar-refractivity contribution in [2.24, 2.45) is 0 Å². The summed E-state index contributed by atoms with van der Waals surface area (Å²) in [6.07, 6.45) is 1.39. The Hall–Kier alpha value is -2.67. The largest absolute Gasteiger partial charge is 0.360 e. The van der Waals surface area contributed by atoms with E-state index in [9.17, 15) is 14.4 Å². The van der Waals surface area contributed by atoms with Crippen molar-refractivity contribution in [2.75, 3.05) is 26.2 Å². The lowest BCUT2D eigenvalue weighted by atomic mass is 10.1. The van der Waals surface area contributed by atoms with Crippen molar-refractivity contribution < 1.29 is 9.59 Å². The predicted octanol–water partition coefficient (Wildman–Crippen LogP) is 0.0782. The van der Waals surface area contributed by atoms with E-state index in [1.54, 1.807) is 23.1 Å². The third kappa shape index (κ3) is 3.16. The SMILES string of the molecule is C[C@H]1CNCCN1C(=O)CNC(=O)c1c[nH]c2ccccc2c1=O. The van der Waals surface area contributed by atoms with Gasteiger partial charge in [-0.1, -0.05) is 12.1 Å². The predicted molar refractivity (Wildman–Crippen MR) is 90.9 cm³/mol. The van der Waals surface area contributed by atoms with Crippen LogP contribution in [0.1, 0.15) is 17.3 Å². The number of piperazine rings is 1. The summed E-state index contributed by atoms with van der Waals surface area (Å²) < 4.78 is 0. The quantitative estimate of drug-likeness (QED) is 0.744. The van der Waals surface area contributed by atoms with Crippen molar-refractivity contribution in [1.29, 1.82) is 0 Å². The van der Waals surface area contributed by atoms with E-state index >= 15 is 0 Å². The van der Waals surface area contributed by atoms with Gasteiger partial charge in [0.15, 0.2) is 0 Å². The smallest absolute Gasteiger partial charge is 0.257 e. The highest BCUT2D eigenvalue weighted by Crippen LogP contribution is 2.07. The second-order valence-corrected chi connectivity index (χ2v) is 5.90. The first kappa shape index (κ1) is 16.2. The van der Waals surface area contributed by atoms with E-state index in [-0.39, 0.29) is 29.5 Å². The van der Waals surface area contributed by atoms with E-state index in [2.05, 4.69) is 15.6 Å². The minimum Gasteiger partial charge on any atom is -0.360 e. The number of benzene rings is 1. The van der Waals surface area contributed by atoms with Crippen molar-refractivity contribution in [3.8, 4) is 0 Å². The number of fused-ring (bicyclic) bond motifs is 1. The van der Waals surface area contributed by atoms with Crippen LogP contribution in [-0.2, 0) is 4.79 Å². The summed E-state index contributed by atoms with van der Waals surface area (Å²) in [7, 11) is 0. The maximum Gasteiger partial charge on any atom is 0.257 e. The van der Waals surface area contributed by atoms with Crippen molar-refractivity contribution in [3.05, 3.63) is 46.2 Å². The van der Waals surface area contributed by atoms with Gasteiger partial charge in [0.1, 0.15) is 5.56 Å². The van der Waals surface area contributed by atoms with Crippen LogP contribution >= 0.6 is 0 Å². The van der Waals surface area contributed by atoms with Crippen LogP contribution in [0.4, 0.5) is 0 Å². The summed E-state index contributed by atoms with van der Waals surface area (Å²) in [6.45, 7) is 3.94. The van der Waals surface area contributed by atoms with Crippen LogP contribution in [0.15, 0.2) is 35.3 Å². The second-order valence-electron chi connectivity index (χ2n) is 5.90. The van der Waals surface area contributed by atoms with Gasteiger partial charge in [-0.25, -0.2) is 0 Å². The van der Waals surface area contributed by atoms with Gasteiger partial charge in [0.2, 0.25) is 11.3 Å². The Morgan fingerprint density at radius 2 is 2.12 bits per heavy atom. The molecule has 0 saturated carbocycles. The molecule has 0 unspecified atom stereocenters. The molecule has 3 N–H and O–H groups in total. The molecule has 7 nitrogen and oxygen atoms in total. The highest BCUT2D eigenvalue weighted by atomic mass is 16.2. The number of nitrogens with zero attached hydrogens (tertiary/aromatic N) is 1. The Balaban J connectivity index is 1.70. The monoisotopic (exact) mass is 328 g/mol. The number of rotatable bonds is 3. The molecule has 1 atom stereocenters. The number of aromatic amines is 1. The van der Waals surface area contributed by atoms with Gasteiger partial charge in [-0.15, -0.1) is 0 Å². The number of pyridine rings is 1. The van der Waals surface area contributed by atoms with E-state index in [0.29, 0.717) is 17.4 Å². The van der Waals surface area contributed by atoms with Gasteiger partial charge in [0, 0.05) is 42.8 Å². The molecule has 126 valence electrons. The molecule has 2 amide bonds. The zero-order valence-electron chi connectivity index (χ0n) is 13.5. The van der Waals surface area contributed by atoms with E-state index < -0.39 is 5.91 Å². The van der Waals surface area contributed by atoms with Crippen molar-refractivity contribution in [3.63, 3.8) is 0 Å². The molecule has 1 aromatic heterocycles. The Bertz CT molecular complexity index is 830. The molecule has 1 aliphatic heterocycles. The average molecular weight is 328 g/mol. The fourth-order valence-corrected chi connectivity index (χ4v) is 2.90. The highest BCUT2D eigenvalue weighted by Gasteiger charge is 2.23. The standard InChI is InChI=1S/C17H20N4O3/c1-11-8-18-6-7-21(11)15(22)10-20-17(24)13-9-19-14-5-3-2-4-12(14)16(13)23/h2-5,9,11,18H,6-8,10H2,1H3,(H,19,23)(H,20,24)/t11-/m0/s1. The molecule has 7 heteroatoms. The highest BCUT2D eigenvalue weighted by molar-refractivity contribution is 5.98. The minimum atomic E-state index is -0.543. The number of carbonyl (C=O) groups excluding carboxylic acids is 2. The van der Waals surface area contributed by atoms with E-state index in [0.717, 1.165) is 13.1 Å². The first-order valence-electron chi connectivity index (χ1n) is 7.96. The second kappa shape index (κ2) is 6.84. The topological polar surface area (TPSA) is 94.3 Å². The molecule has 1 aromatic carbocycles. The maximum absolute atomic E-state index is 12.4. The Labute approximate surface area is 139 Å². The molecule has 1 fully saturated rings. The molecule has 0 bridgehead atoms. The van der Waals surface area contributed by atoms with Crippen LogP contribution in [0.25, 0.3) is 10.9 Å². The van der Waals surface area contributed by atoms with E-state index in [4.69, 9.17) is 0 Å². The van der Waals surface area contributed by atoms with E-state index in [1.165, 1.54) is 6.20 Å². The number of hydrogen-bond donors (Lipinski definition) is 3. The maximum atomic E-state index is 12.4.